The summed E-state index contributed by atoms with van der Waals surface area (Å²) in [5, 5.41) is 9.38. The number of aliphatic hydroxyl groups is 1. The molecule has 0 aromatic heterocycles. The molecule has 0 spiro atoms. The fraction of sp³-hybridized carbons (Fsp3) is 0.455. The van der Waals surface area contributed by atoms with Gasteiger partial charge in [-0.25, -0.2) is 12.8 Å². The molecule has 1 aliphatic rings. The highest BCUT2D eigenvalue weighted by Gasteiger charge is 2.32. The second-order valence-electron chi connectivity index (χ2n) is 4.33. The van der Waals surface area contributed by atoms with Crippen molar-refractivity contribution in [2.24, 2.45) is 0 Å². The predicted octanol–water partition coefficient (Wildman–Crippen LogP) is 0.172. The summed E-state index contributed by atoms with van der Waals surface area (Å²) >= 11 is 0. The Morgan fingerprint density at radius 1 is 1.53 bits per heavy atom. The maximum absolute atomic E-state index is 13.7. The van der Waals surface area contributed by atoms with Crippen LogP contribution in [-0.4, -0.2) is 44.1 Å². The van der Waals surface area contributed by atoms with E-state index < -0.39 is 21.9 Å². The van der Waals surface area contributed by atoms with Crippen LogP contribution in [0.15, 0.2) is 17.0 Å². The van der Waals surface area contributed by atoms with Gasteiger partial charge < -0.3 is 15.6 Å². The molecule has 0 radical (unpaired) electrons. The zero-order valence-electron chi connectivity index (χ0n) is 10.3. The van der Waals surface area contributed by atoms with E-state index in [1.54, 1.807) is 0 Å². The number of benzene rings is 1. The highest BCUT2D eigenvalue weighted by molar-refractivity contribution is 7.89. The Morgan fingerprint density at radius 3 is 2.68 bits per heavy atom. The maximum atomic E-state index is 13.7. The molecule has 0 aliphatic carbocycles. The first kappa shape index (κ1) is 14.0. The first-order chi connectivity index (χ1) is 8.86. The van der Waals surface area contributed by atoms with Gasteiger partial charge in [0.1, 0.15) is 0 Å². The van der Waals surface area contributed by atoms with Crippen molar-refractivity contribution in [3.8, 4) is 5.75 Å². The summed E-state index contributed by atoms with van der Waals surface area (Å²) in [5.74, 6) is -1.01. The van der Waals surface area contributed by atoms with Crippen molar-refractivity contribution in [1.82, 2.24) is 4.31 Å². The van der Waals surface area contributed by atoms with Crippen LogP contribution in [-0.2, 0) is 10.0 Å². The Bertz CT molecular complexity index is 567. The van der Waals surface area contributed by atoms with Gasteiger partial charge in [-0.1, -0.05) is 0 Å². The SMILES string of the molecule is COc1c(N)cc(S(=O)(=O)N2CC[C@@H](O)C2)cc1F. The van der Waals surface area contributed by atoms with Crippen LogP contribution < -0.4 is 10.5 Å². The highest BCUT2D eigenvalue weighted by Crippen LogP contribution is 2.30. The zero-order valence-corrected chi connectivity index (χ0v) is 11.2. The first-order valence-electron chi connectivity index (χ1n) is 5.67. The molecule has 1 atom stereocenters. The molecule has 6 nitrogen and oxygen atoms in total. The molecule has 106 valence electrons. The van der Waals surface area contributed by atoms with Gasteiger partial charge in [-0.15, -0.1) is 0 Å². The summed E-state index contributed by atoms with van der Waals surface area (Å²) in [6.45, 7) is 0.215. The minimum atomic E-state index is -3.84. The Balaban J connectivity index is 2.41. The van der Waals surface area contributed by atoms with Gasteiger partial charge in [0, 0.05) is 13.1 Å². The van der Waals surface area contributed by atoms with E-state index in [-0.39, 0.29) is 29.4 Å². The fourth-order valence-electron chi connectivity index (χ4n) is 2.03. The molecule has 0 bridgehead atoms. The number of sulfonamides is 1. The lowest BCUT2D eigenvalue weighted by Crippen LogP contribution is -2.29. The molecule has 2 rings (SSSR count). The van der Waals surface area contributed by atoms with Gasteiger partial charge in [-0.05, 0) is 18.6 Å². The number of nitrogens with two attached hydrogens (primary N) is 1. The Morgan fingerprint density at radius 2 is 2.21 bits per heavy atom. The second kappa shape index (κ2) is 4.95. The molecule has 0 unspecified atom stereocenters. The van der Waals surface area contributed by atoms with E-state index in [4.69, 9.17) is 10.5 Å². The van der Waals surface area contributed by atoms with Crippen LogP contribution >= 0.6 is 0 Å². The zero-order chi connectivity index (χ0) is 14.2. The molecule has 1 aromatic rings. The van der Waals surface area contributed by atoms with Crippen molar-refractivity contribution < 1.29 is 22.7 Å². The molecule has 8 heteroatoms. The fourth-order valence-corrected chi connectivity index (χ4v) is 3.57. The van der Waals surface area contributed by atoms with Gasteiger partial charge in [0.05, 0.1) is 23.8 Å². The average Bonchev–Trinajstić information content (AvgIpc) is 2.76. The number of hydrogen-bond acceptors (Lipinski definition) is 5. The number of hydrogen-bond donors (Lipinski definition) is 2. The van der Waals surface area contributed by atoms with E-state index in [0.717, 1.165) is 16.4 Å². The molecule has 1 aromatic carbocycles. The standard InChI is InChI=1S/C11H15FN2O4S/c1-18-11-9(12)4-8(5-10(11)13)19(16,17)14-3-2-7(15)6-14/h4-5,7,15H,2-3,6,13H2,1H3/t7-/m1/s1. The molecule has 1 aliphatic heterocycles. The minimum absolute atomic E-state index is 0.00981. The molecule has 1 saturated heterocycles. The highest BCUT2D eigenvalue weighted by atomic mass is 32.2. The maximum Gasteiger partial charge on any atom is 0.243 e. The summed E-state index contributed by atoms with van der Waals surface area (Å²) in [6, 6.07) is 2.02. The quantitative estimate of drug-likeness (QED) is 0.774. The Hall–Kier alpha value is -1.38. The van der Waals surface area contributed by atoms with Gasteiger partial charge in [0.15, 0.2) is 11.6 Å². The van der Waals surface area contributed by atoms with Crippen LogP contribution in [0.1, 0.15) is 6.42 Å². The smallest absolute Gasteiger partial charge is 0.243 e. The molecule has 0 saturated carbocycles. The summed E-state index contributed by atoms with van der Waals surface area (Å²) in [4.78, 5) is -0.239. The summed E-state index contributed by atoms with van der Waals surface area (Å²) in [5.41, 5.74) is 5.48. The van der Waals surface area contributed by atoms with Crippen molar-refractivity contribution in [3.63, 3.8) is 0 Å². The van der Waals surface area contributed by atoms with E-state index in [1.165, 1.54) is 7.11 Å². The number of nitrogen functional groups attached to an aromatic ring is 1. The lowest BCUT2D eigenvalue weighted by Gasteiger charge is -2.17. The van der Waals surface area contributed by atoms with Gasteiger partial charge in [0.2, 0.25) is 10.0 Å². The lowest BCUT2D eigenvalue weighted by molar-refractivity contribution is 0.189. The van der Waals surface area contributed by atoms with Crippen LogP contribution in [0.5, 0.6) is 5.75 Å². The van der Waals surface area contributed by atoms with Crippen molar-refractivity contribution in [2.45, 2.75) is 17.4 Å². The van der Waals surface area contributed by atoms with Crippen molar-refractivity contribution >= 4 is 15.7 Å². The van der Waals surface area contributed by atoms with Gasteiger partial charge >= 0.3 is 0 Å². The predicted molar refractivity (Wildman–Crippen MR) is 66.7 cm³/mol. The number of halogens is 1. The van der Waals surface area contributed by atoms with E-state index in [1.807, 2.05) is 0 Å². The number of rotatable bonds is 3. The van der Waals surface area contributed by atoms with Crippen LogP contribution in [0.4, 0.5) is 10.1 Å². The summed E-state index contributed by atoms with van der Waals surface area (Å²) in [6.07, 6.45) is -0.317. The number of aliphatic hydroxyl groups excluding tert-OH is 1. The minimum Gasteiger partial charge on any atom is -0.492 e. The Labute approximate surface area is 110 Å². The summed E-state index contributed by atoms with van der Waals surface area (Å²) in [7, 11) is -2.59. The van der Waals surface area contributed by atoms with E-state index >= 15 is 0 Å². The normalized spacial score (nSPS) is 20.7. The summed E-state index contributed by atoms with van der Waals surface area (Å²) < 4.78 is 44.0. The molecule has 19 heavy (non-hydrogen) atoms. The van der Waals surface area contributed by atoms with Gasteiger partial charge in [-0.2, -0.15) is 4.31 Å². The van der Waals surface area contributed by atoms with Crippen molar-refractivity contribution in [3.05, 3.63) is 17.9 Å². The van der Waals surface area contributed by atoms with Crippen LogP contribution in [0.3, 0.4) is 0 Å². The molecule has 0 amide bonds. The van der Waals surface area contributed by atoms with E-state index in [9.17, 15) is 17.9 Å². The van der Waals surface area contributed by atoms with Crippen molar-refractivity contribution in [2.75, 3.05) is 25.9 Å². The largest absolute Gasteiger partial charge is 0.492 e. The van der Waals surface area contributed by atoms with Gasteiger partial charge in [-0.3, -0.25) is 0 Å². The molecule has 1 fully saturated rings. The third-order valence-corrected chi connectivity index (χ3v) is 4.86. The number of ether oxygens (including phenoxy) is 1. The average molecular weight is 290 g/mol. The second-order valence-corrected chi connectivity index (χ2v) is 6.27. The van der Waals surface area contributed by atoms with E-state index in [0.29, 0.717) is 6.42 Å². The topological polar surface area (TPSA) is 92.9 Å². The van der Waals surface area contributed by atoms with Crippen LogP contribution in [0.25, 0.3) is 0 Å². The number of anilines is 1. The third-order valence-electron chi connectivity index (χ3n) is 3.01. The van der Waals surface area contributed by atoms with Crippen molar-refractivity contribution in [1.29, 1.82) is 0 Å². The molecular formula is C11H15FN2O4S. The third kappa shape index (κ3) is 2.51. The molecule has 3 N–H and O–H groups in total. The van der Waals surface area contributed by atoms with Crippen LogP contribution in [0.2, 0.25) is 0 Å². The molecular weight excluding hydrogens is 275 g/mol. The van der Waals surface area contributed by atoms with E-state index in [2.05, 4.69) is 0 Å². The lowest BCUT2D eigenvalue weighted by atomic mass is 10.3. The first-order valence-corrected chi connectivity index (χ1v) is 7.11. The Kier molecular flexibility index (Phi) is 3.66. The van der Waals surface area contributed by atoms with Crippen LogP contribution in [0, 0.1) is 5.82 Å². The number of β-amino-alcohol motifs (C(OH)–C–C–N with tert-alkyl or cyclic N) is 1. The molecule has 1 heterocycles. The monoisotopic (exact) mass is 290 g/mol. The van der Waals surface area contributed by atoms with Gasteiger partial charge in [0.25, 0.3) is 0 Å². The number of methoxy groups -OCH3 is 1. The number of nitrogens with zero attached hydrogens (tertiary/aromatic N) is 1.